The first-order chi connectivity index (χ1) is 4.66. The molecular formula is C6H10N2O2. The van der Waals surface area contributed by atoms with Crippen molar-refractivity contribution in [3.05, 3.63) is 0 Å². The van der Waals surface area contributed by atoms with E-state index in [4.69, 9.17) is 5.73 Å². The van der Waals surface area contributed by atoms with Gasteiger partial charge < -0.3 is 5.73 Å². The van der Waals surface area contributed by atoms with E-state index in [1.165, 1.54) is 7.05 Å². The monoisotopic (exact) mass is 142 g/mol. The highest BCUT2D eigenvalue weighted by Crippen LogP contribution is 2.15. The molecule has 1 aliphatic rings. The van der Waals surface area contributed by atoms with Crippen molar-refractivity contribution in [2.45, 2.75) is 6.42 Å². The Bertz CT molecular complexity index is 179. The van der Waals surface area contributed by atoms with E-state index >= 15 is 0 Å². The first-order valence-electron chi connectivity index (χ1n) is 3.17. The van der Waals surface area contributed by atoms with E-state index in [1.54, 1.807) is 0 Å². The number of nitrogens with two attached hydrogens (primary N) is 1. The number of rotatable bonds is 1. The highest BCUT2D eigenvalue weighted by atomic mass is 16.2. The molecule has 0 aliphatic carbocycles. The molecule has 1 rings (SSSR count). The summed E-state index contributed by atoms with van der Waals surface area (Å²) < 4.78 is 0. The molecule has 56 valence electrons. The lowest BCUT2D eigenvalue weighted by Crippen LogP contribution is -2.28. The SMILES string of the molecule is CN1C(=O)C[C@H](CN)C1=O. The van der Waals surface area contributed by atoms with E-state index in [0.717, 1.165) is 4.90 Å². The van der Waals surface area contributed by atoms with Crippen LogP contribution < -0.4 is 5.73 Å². The van der Waals surface area contributed by atoms with Crippen LogP contribution in [0.2, 0.25) is 0 Å². The van der Waals surface area contributed by atoms with Crippen LogP contribution in [0.4, 0.5) is 0 Å². The van der Waals surface area contributed by atoms with Crippen molar-refractivity contribution >= 4 is 11.8 Å². The predicted molar refractivity (Wildman–Crippen MR) is 34.9 cm³/mol. The van der Waals surface area contributed by atoms with Gasteiger partial charge in [-0.05, 0) is 0 Å². The maximum Gasteiger partial charge on any atom is 0.233 e. The minimum atomic E-state index is -0.266. The predicted octanol–water partition coefficient (Wildman–Crippen LogP) is -1.05. The van der Waals surface area contributed by atoms with Crippen LogP contribution in [0.25, 0.3) is 0 Å². The number of likely N-dealkylation sites (tertiary alicyclic amines) is 1. The van der Waals surface area contributed by atoms with Crippen LogP contribution in [0.5, 0.6) is 0 Å². The van der Waals surface area contributed by atoms with Gasteiger partial charge in [0.1, 0.15) is 0 Å². The lowest BCUT2D eigenvalue weighted by Gasteiger charge is -2.05. The first-order valence-corrected chi connectivity index (χ1v) is 3.17. The van der Waals surface area contributed by atoms with E-state index in [-0.39, 0.29) is 30.7 Å². The standard InChI is InChI=1S/C6H10N2O2/c1-8-5(9)2-4(3-7)6(8)10/h4H,2-3,7H2,1H3/t4-/m1/s1. The van der Waals surface area contributed by atoms with Gasteiger partial charge in [0, 0.05) is 20.0 Å². The summed E-state index contributed by atoms with van der Waals surface area (Å²) in [7, 11) is 1.49. The van der Waals surface area contributed by atoms with Gasteiger partial charge in [-0.15, -0.1) is 0 Å². The van der Waals surface area contributed by atoms with E-state index < -0.39 is 0 Å². The molecule has 1 saturated heterocycles. The summed E-state index contributed by atoms with van der Waals surface area (Å²) in [6.07, 6.45) is 0.284. The molecular weight excluding hydrogens is 132 g/mol. The smallest absolute Gasteiger partial charge is 0.233 e. The number of hydrogen-bond acceptors (Lipinski definition) is 3. The second-order valence-electron chi connectivity index (χ2n) is 2.43. The zero-order valence-corrected chi connectivity index (χ0v) is 5.83. The van der Waals surface area contributed by atoms with Crippen LogP contribution in [0, 0.1) is 5.92 Å². The second-order valence-corrected chi connectivity index (χ2v) is 2.43. The fraction of sp³-hybridized carbons (Fsp3) is 0.667. The molecule has 0 aromatic carbocycles. The van der Waals surface area contributed by atoms with E-state index in [0.29, 0.717) is 0 Å². The zero-order chi connectivity index (χ0) is 7.72. The Morgan fingerprint density at radius 3 is 2.50 bits per heavy atom. The van der Waals surface area contributed by atoms with Crippen LogP contribution in [0.3, 0.4) is 0 Å². The summed E-state index contributed by atoms with van der Waals surface area (Å²) in [5.74, 6) is -0.537. The van der Waals surface area contributed by atoms with Crippen molar-refractivity contribution in [1.29, 1.82) is 0 Å². The minimum Gasteiger partial charge on any atom is -0.330 e. The van der Waals surface area contributed by atoms with Gasteiger partial charge in [-0.3, -0.25) is 14.5 Å². The Kier molecular flexibility index (Phi) is 1.72. The van der Waals surface area contributed by atoms with Gasteiger partial charge in [-0.25, -0.2) is 0 Å². The number of carbonyl (C=O) groups is 2. The molecule has 4 heteroatoms. The average Bonchev–Trinajstić information content (AvgIpc) is 2.17. The third kappa shape index (κ3) is 0.903. The van der Waals surface area contributed by atoms with Crippen molar-refractivity contribution in [2.24, 2.45) is 11.7 Å². The van der Waals surface area contributed by atoms with Crippen molar-refractivity contribution in [3.63, 3.8) is 0 Å². The Hall–Kier alpha value is -0.900. The van der Waals surface area contributed by atoms with Gasteiger partial charge >= 0.3 is 0 Å². The molecule has 0 bridgehead atoms. The molecule has 0 aromatic heterocycles. The fourth-order valence-corrected chi connectivity index (χ4v) is 1.02. The van der Waals surface area contributed by atoms with Gasteiger partial charge in [-0.2, -0.15) is 0 Å². The average molecular weight is 142 g/mol. The number of amides is 2. The van der Waals surface area contributed by atoms with Crippen molar-refractivity contribution in [1.82, 2.24) is 4.90 Å². The topological polar surface area (TPSA) is 63.4 Å². The third-order valence-electron chi connectivity index (χ3n) is 1.76. The van der Waals surface area contributed by atoms with E-state index in [1.807, 2.05) is 0 Å². The highest BCUT2D eigenvalue weighted by molar-refractivity contribution is 6.03. The van der Waals surface area contributed by atoms with Crippen LogP contribution in [0.15, 0.2) is 0 Å². The molecule has 0 aromatic rings. The summed E-state index contributed by atoms with van der Waals surface area (Å²) in [4.78, 5) is 22.9. The molecule has 0 unspecified atom stereocenters. The first kappa shape index (κ1) is 7.21. The Labute approximate surface area is 59.0 Å². The second kappa shape index (κ2) is 2.38. The summed E-state index contributed by atoms with van der Waals surface area (Å²) in [6.45, 7) is 0.273. The Morgan fingerprint density at radius 2 is 2.30 bits per heavy atom. The lowest BCUT2D eigenvalue weighted by molar-refractivity contribution is -0.137. The molecule has 0 saturated carbocycles. The van der Waals surface area contributed by atoms with Crippen molar-refractivity contribution < 1.29 is 9.59 Å². The lowest BCUT2D eigenvalue weighted by atomic mass is 10.1. The summed E-state index contributed by atoms with van der Waals surface area (Å²) in [5, 5.41) is 0. The highest BCUT2D eigenvalue weighted by Gasteiger charge is 2.34. The molecule has 1 atom stereocenters. The number of hydrogen-bond donors (Lipinski definition) is 1. The van der Waals surface area contributed by atoms with Crippen LogP contribution in [0.1, 0.15) is 6.42 Å². The molecule has 2 N–H and O–H groups in total. The van der Waals surface area contributed by atoms with E-state index in [2.05, 4.69) is 0 Å². The maximum absolute atomic E-state index is 11.0. The fourth-order valence-electron chi connectivity index (χ4n) is 1.02. The Morgan fingerprint density at radius 1 is 1.70 bits per heavy atom. The number of imide groups is 1. The van der Waals surface area contributed by atoms with Gasteiger partial charge in [0.25, 0.3) is 0 Å². The van der Waals surface area contributed by atoms with Gasteiger partial charge in [-0.1, -0.05) is 0 Å². The maximum atomic E-state index is 11.0. The zero-order valence-electron chi connectivity index (χ0n) is 5.83. The summed E-state index contributed by atoms with van der Waals surface area (Å²) in [6, 6.07) is 0. The molecule has 1 fully saturated rings. The van der Waals surface area contributed by atoms with Crippen LogP contribution >= 0.6 is 0 Å². The largest absolute Gasteiger partial charge is 0.330 e. The molecule has 4 nitrogen and oxygen atoms in total. The summed E-state index contributed by atoms with van der Waals surface area (Å²) >= 11 is 0. The van der Waals surface area contributed by atoms with Crippen LogP contribution in [-0.4, -0.2) is 30.3 Å². The normalized spacial score (nSPS) is 26.2. The number of nitrogens with zero attached hydrogens (tertiary/aromatic N) is 1. The number of carbonyl (C=O) groups excluding carboxylic acids is 2. The van der Waals surface area contributed by atoms with Gasteiger partial charge in [0.15, 0.2) is 0 Å². The third-order valence-corrected chi connectivity index (χ3v) is 1.76. The van der Waals surface area contributed by atoms with Crippen molar-refractivity contribution in [2.75, 3.05) is 13.6 Å². The van der Waals surface area contributed by atoms with E-state index in [9.17, 15) is 9.59 Å². The van der Waals surface area contributed by atoms with Crippen molar-refractivity contribution in [3.8, 4) is 0 Å². The Balaban J connectivity index is 2.71. The van der Waals surface area contributed by atoms with Gasteiger partial charge in [0.05, 0.1) is 5.92 Å². The van der Waals surface area contributed by atoms with Crippen LogP contribution in [-0.2, 0) is 9.59 Å². The summed E-state index contributed by atoms with van der Waals surface area (Å²) in [5.41, 5.74) is 5.25. The molecule has 0 spiro atoms. The molecule has 1 heterocycles. The molecule has 1 aliphatic heterocycles. The minimum absolute atomic E-state index is 0.125. The molecule has 2 amide bonds. The molecule has 0 radical (unpaired) electrons. The van der Waals surface area contributed by atoms with Gasteiger partial charge in [0.2, 0.25) is 11.8 Å². The molecule has 10 heavy (non-hydrogen) atoms. The quantitative estimate of drug-likeness (QED) is 0.475.